The summed E-state index contributed by atoms with van der Waals surface area (Å²) in [6, 6.07) is 15.9. The molecule has 0 spiro atoms. The van der Waals surface area contributed by atoms with Gasteiger partial charge in [-0.1, -0.05) is 48.5 Å². The summed E-state index contributed by atoms with van der Waals surface area (Å²) in [5.41, 5.74) is 2.92. The summed E-state index contributed by atoms with van der Waals surface area (Å²) in [7, 11) is 0. The minimum absolute atomic E-state index is 0.114. The highest BCUT2D eigenvalue weighted by molar-refractivity contribution is 6.08. The summed E-state index contributed by atoms with van der Waals surface area (Å²) in [5, 5.41) is 1.98. The molecule has 0 aliphatic rings. The number of hydrogen-bond donors (Lipinski definition) is 0. The van der Waals surface area contributed by atoms with E-state index in [9.17, 15) is 4.79 Å². The van der Waals surface area contributed by atoms with E-state index in [-0.39, 0.29) is 5.78 Å². The molecule has 0 radical (unpaired) electrons. The van der Waals surface area contributed by atoms with Gasteiger partial charge in [-0.25, -0.2) is 0 Å². The van der Waals surface area contributed by atoms with Gasteiger partial charge in [-0.05, 0) is 23.4 Å². The highest BCUT2D eigenvalue weighted by Crippen LogP contribution is 2.19. The van der Waals surface area contributed by atoms with Gasteiger partial charge in [-0.2, -0.15) is 0 Å². The Balaban J connectivity index is 1.99. The van der Waals surface area contributed by atoms with Crippen LogP contribution < -0.4 is 0 Å². The van der Waals surface area contributed by atoms with Crippen LogP contribution in [0.1, 0.15) is 21.5 Å². The fourth-order valence-corrected chi connectivity index (χ4v) is 2.42. The minimum Gasteiger partial charge on any atom is -0.294 e. The van der Waals surface area contributed by atoms with E-state index in [1.54, 1.807) is 12.4 Å². The number of hydrogen-bond acceptors (Lipinski definition) is 2. The number of aromatic nitrogens is 1. The Labute approximate surface area is 118 Å². The summed E-state index contributed by atoms with van der Waals surface area (Å²) in [4.78, 5) is 16.7. The van der Waals surface area contributed by atoms with Crippen LogP contribution in [0.25, 0.3) is 10.8 Å². The fourth-order valence-electron chi connectivity index (χ4n) is 2.42. The van der Waals surface area contributed by atoms with Crippen molar-refractivity contribution in [3.05, 3.63) is 77.6 Å². The number of rotatable bonds is 3. The van der Waals surface area contributed by atoms with Gasteiger partial charge in [0, 0.05) is 29.8 Å². The maximum atomic E-state index is 12.5. The molecule has 0 aliphatic heterocycles. The normalized spacial score (nSPS) is 10.7. The molecule has 0 N–H and O–H groups in total. The molecule has 20 heavy (non-hydrogen) atoms. The number of carbonyl (C=O) groups excluding carboxylic acids is 1. The van der Waals surface area contributed by atoms with Crippen molar-refractivity contribution in [3.63, 3.8) is 0 Å². The number of benzene rings is 2. The van der Waals surface area contributed by atoms with E-state index >= 15 is 0 Å². The second-order valence-electron chi connectivity index (χ2n) is 4.93. The first-order valence-electron chi connectivity index (χ1n) is 6.66. The predicted molar refractivity (Wildman–Crippen MR) is 81.0 cm³/mol. The largest absolute Gasteiger partial charge is 0.294 e. The molecule has 3 rings (SSSR count). The molecule has 0 amide bonds. The highest BCUT2D eigenvalue weighted by atomic mass is 16.1. The number of aryl methyl sites for hydroxylation is 1. The third kappa shape index (κ3) is 2.32. The van der Waals surface area contributed by atoms with E-state index in [4.69, 9.17) is 0 Å². The molecule has 1 heterocycles. The first-order valence-corrected chi connectivity index (χ1v) is 6.66. The first kappa shape index (κ1) is 12.5. The lowest BCUT2D eigenvalue weighted by molar-refractivity contribution is 0.0994. The van der Waals surface area contributed by atoms with E-state index in [1.165, 1.54) is 0 Å². The Morgan fingerprint density at radius 1 is 1.00 bits per heavy atom. The molecule has 0 aliphatic carbocycles. The van der Waals surface area contributed by atoms with Gasteiger partial charge >= 0.3 is 0 Å². The second kappa shape index (κ2) is 5.25. The summed E-state index contributed by atoms with van der Waals surface area (Å²) < 4.78 is 0. The summed E-state index contributed by atoms with van der Waals surface area (Å²) in [6.07, 6.45) is 3.88. The third-order valence-corrected chi connectivity index (χ3v) is 3.58. The minimum atomic E-state index is 0.114. The molecule has 98 valence electrons. The van der Waals surface area contributed by atoms with Crippen LogP contribution in [0.15, 0.2) is 60.9 Å². The Kier molecular flexibility index (Phi) is 3.30. The summed E-state index contributed by atoms with van der Waals surface area (Å²) >= 11 is 0. The molecule has 0 fully saturated rings. The quantitative estimate of drug-likeness (QED) is 0.668. The van der Waals surface area contributed by atoms with Crippen molar-refractivity contribution in [2.24, 2.45) is 0 Å². The zero-order chi connectivity index (χ0) is 13.9. The van der Waals surface area contributed by atoms with Crippen LogP contribution in [0.5, 0.6) is 0 Å². The molecule has 0 saturated carbocycles. The summed E-state index contributed by atoms with van der Waals surface area (Å²) in [6.45, 7) is 2.03. The van der Waals surface area contributed by atoms with Crippen LogP contribution in [-0.4, -0.2) is 10.8 Å². The average Bonchev–Trinajstić information content (AvgIpc) is 2.49. The van der Waals surface area contributed by atoms with E-state index in [0.717, 1.165) is 21.9 Å². The Hall–Kier alpha value is -2.48. The number of carbonyl (C=O) groups is 1. The number of nitrogens with zero attached hydrogens (tertiary/aromatic N) is 1. The monoisotopic (exact) mass is 261 g/mol. The predicted octanol–water partition coefficient (Wildman–Crippen LogP) is 3.97. The highest BCUT2D eigenvalue weighted by Gasteiger charge is 2.12. The molecule has 2 aromatic carbocycles. The van der Waals surface area contributed by atoms with Crippen molar-refractivity contribution in [2.75, 3.05) is 0 Å². The van der Waals surface area contributed by atoms with Crippen molar-refractivity contribution in [1.82, 2.24) is 4.98 Å². The number of pyridine rings is 1. The van der Waals surface area contributed by atoms with Crippen LogP contribution in [0.4, 0.5) is 0 Å². The van der Waals surface area contributed by atoms with Crippen LogP contribution in [0.2, 0.25) is 0 Å². The van der Waals surface area contributed by atoms with Gasteiger partial charge in [0.25, 0.3) is 0 Å². The third-order valence-electron chi connectivity index (χ3n) is 3.58. The average molecular weight is 261 g/mol. The van der Waals surface area contributed by atoms with Crippen molar-refractivity contribution in [3.8, 4) is 0 Å². The van der Waals surface area contributed by atoms with Crippen molar-refractivity contribution in [1.29, 1.82) is 0 Å². The summed E-state index contributed by atoms with van der Waals surface area (Å²) in [5.74, 6) is 0.114. The molecule has 0 bridgehead atoms. The topological polar surface area (TPSA) is 30.0 Å². The molecular formula is C18H15NO. The van der Waals surface area contributed by atoms with Gasteiger partial charge < -0.3 is 0 Å². The van der Waals surface area contributed by atoms with Gasteiger partial charge in [-0.3, -0.25) is 9.78 Å². The van der Waals surface area contributed by atoms with Crippen LogP contribution in [0, 0.1) is 6.92 Å². The molecular weight excluding hydrogens is 246 g/mol. The molecule has 2 nitrogen and oxygen atoms in total. The lowest BCUT2D eigenvalue weighted by atomic mass is 9.97. The van der Waals surface area contributed by atoms with Gasteiger partial charge in [0.05, 0.1) is 0 Å². The van der Waals surface area contributed by atoms with E-state index in [2.05, 4.69) is 4.98 Å². The Morgan fingerprint density at radius 3 is 2.60 bits per heavy atom. The number of ketones is 1. The smallest absolute Gasteiger partial charge is 0.169 e. The molecule has 3 aromatic rings. The van der Waals surface area contributed by atoms with Crippen molar-refractivity contribution >= 4 is 16.6 Å². The number of Topliss-reactive ketones (excluding diaryl/α,β-unsaturated/α-hetero) is 1. The fraction of sp³-hybridized carbons (Fsp3) is 0.111. The molecule has 0 atom stereocenters. The maximum Gasteiger partial charge on any atom is 0.169 e. The first-order chi connectivity index (χ1) is 9.75. The van der Waals surface area contributed by atoms with Gasteiger partial charge in [0.1, 0.15) is 0 Å². The zero-order valence-electron chi connectivity index (χ0n) is 11.3. The van der Waals surface area contributed by atoms with Gasteiger partial charge in [0.15, 0.2) is 5.78 Å². The van der Waals surface area contributed by atoms with Crippen LogP contribution >= 0.6 is 0 Å². The van der Waals surface area contributed by atoms with Gasteiger partial charge in [-0.15, -0.1) is 0 Å². The SMILES string of the molecule is Cc1ccccc1CC(=O)c1cncc2ccccc12. The molecule has 0 saturated heterocycles. The zero-order valence-corrected chi connectivity index (χ0v) is 11.3. The van der Waals surface area contributed by atoms with Crippen LogP contribution in [0.3, 0.4) is 0 Å². The maximum absolute atomic E-state index is 12.5. The van der Waals surface area contributed by atoms with E-state index < -0.39 is 0 Å². The standard InChI is InChI=1S/C18H15NO/c1-13-6-2-3-7-14(13)10-18(20)17-12-19-11-15-8-4-5-9-16(15)17/h2-9,11-12H,10H2,1H3. The Bertz CT molecular complexity index is 772. The van der Waals surface area contributed by atoms with E-state index in [0.29, 0.717) is 12.0 Å². The molecule has 0 unspecified atom stereocenters. The van der Waals surface area contributed by atoms with Gasteiger partial charge in [0.2, 0.25) is 0 Å². The lowest BCUT2D eigenvalue weighted by Crippen LogP contribution is -2.06. The Morgan fingerprint density at radius 2 is 1.75 bits per heavy atom. The number of fused-ring (bicyclic) bond motifs is 1. The van der Waals surface area contributed by atoms with E-state index in [1.807, 2.05) is 55.5 Å². The molecule has 2 heteroatoms. The van der Waals surface area contributed by atoms with Crippen LogP contribution in [-0.2, 0) is 6.42 Å². The van der Waals surface area contributed by atoms with Crippen molar-refractivity contribution in [2.45, 2.75) is 13.3 Å². The van der Waals surface area contributed by atoms with Crippen molar-refractivity contribution < 1.29 is 4.79 Å². The second-order valence-corrected chi connectivity index (χ2v) is 4.93. The molecule has 1 aromatic heterocycles. The lowest BCUT2D eigenvalue weighted by Gasteiger charge is -2.07.